The Morgan fingerprint density at radius 1 is 0.862 bits per heavy atom. The first-order valence-electron chi connectivity index (χ1n) is 10.0. The standard InChI is InChI=1S/C23H24N6/c1-15(22-24-8-9-25-22)12-19-6-4-18(28-19)5-7-20-13-16-2-3-17(14-21(16)29-20)23-26-10-11-27-23/h2-7,12-14,28-29H,8-11H2,1H3,(H,24,25)(H,26,27). The van der Waals surface area contributed by atoms with Crippen molar-refractivity contribution in [2.45, 2.75) is 6.92 Å². The Morgan fingerprint density at radius 3 is 2.52 bits per heavy atom. The molecule has 4 N–H and O–H groups in total. The third kappa shape index (κ3) is 3.74. The Bertz CT molecular complexity index is 1170. The van der Waals surface area contributed by atoms with Crippen LogP contribution in [0.2, 0.25) is 0 Å². The molecule has 5 rings (SSSR count). The van der Waals surface area contributed by atoms with Gasteiger partial charge in [-0.05, 0) is 55.0 Å². The minimum absolute atomic E-state index is 0.851. The van der Waals surface area contributed by atoms with Crippen molar-refractivity contribution < 1.29 is 0 Å². The van der Waals surface area contributed by atoms with Gasteiger partial charge in [0.25, 0.3) is 0 Å². The van der Waals surface area contributed by atoms with Gasteiger partial charge in [0, 0.05) is 46.6 Å². The highest BCUT2D eigenvalue weighted by molar-refractivity contribution is 6.03. The minimum Gasteiger partial charge on any atom is -0.368 e. The Balaban J connectivity index is 1.33. The molecule has 3 aromatic rings. The summed E-state index contributed by atoms with van der Waals surface area (Å²) in [6.07, 6.45) is 6.31. The highest BCUT2D eigenvalue weighted by Gasteiger charge is 2.09. The van der Waals surface area contributed by atoms with Crippen LogP contribution in [-0.2, 0) is 0 Å². The van der Waals surface area contributed by atoms with Crippen molar-refractivity contribution in [2.24, 2.45) is 9.98 Å². The van der Waals surface area contributed by atoms with Gasteiger partial charge < -0.3 is 20.6 Å². The molecule has 0 fully saturated rings. The summed E-state index contributed by atoms with van der Waals surface area (Å²) in [6.45, 7) is 5.64. The van der Waals surface area contributed by atoms with E-state index in [-0.39, 0.29) is 0 Å². The number of rotatable bonds is 5. The van der Waals surface area contributed by atoms with Crippen molar-refractivity contribution >= 4 is 40.8 Å². The van der Waals surface area contributed by atoms with Crippen LogP contribution in [0.5, 0.6) is 0 Å². The second kappa shape index (κ2) is 7.47. The predicted molar refractivity (Wildman–Crippen MR) is 121 cm³/mol. The second-order valence-corrected chi connectivity index (χ2v) is 7.37. The molecule has 2 aliphatic heterocycles. The number of benzene rings is 1. The highest BCUT2D eigenvalue weighted by Crippen LogP contribution is 2.20. The number of aromatic amines is 2. The Hall–Kier alpha value is -3.54. The van der Waals surface area contributed by atoms with Crippen LogP contribution in [-0.4, -0.2) is 47.8 Å². The van der Waals surface area contributed by atoms with E-state index in [2.05, 4.69) is 92.1 Å². The fourth-order valence-electron chi connectivity index (χ4n) is 3.73. The molecular weight excluding hydrogens is 360 g/mol. The van der Waals surface area contributed by atoms with Gasteiger partial charge in [0.15, 0.2) is 0 Å². The van der Waals surface area contributed by atoms with Crippen LogP contribution in [0.3, 0.4) is 0 Å². The van der Waals surface area contributed by atoms with Gasteiger partial charge in [-0.15, -0.1) is 0 Å². The minimum atomic E-state index is 0.851. The number of aliphatic imine (C=N–C) groups is 2. The Labute approximate surface area is 169 Å². The molecular formula is C23H24N6. The molecule has 0 aliphatic carbocycles. The molecule has 0 bridgehead atoms. The van der Waals surface area contributed by atoms with Crippen molar-refractivity contribution in [3.8, 4) is 0 Å². The number of nitrogens with one attached hydrogen (secondary N) is 4. The molecule has 146 valence electrons. The lowest BCUT2D eigenvalue weighted by Crippen LogP contribution is -2.19. The zero-order valence-electron chi connectivity index (χ0n) is 16.4. The van der Waals surface area contributed by atoms with Crippen LogP contribution in [0.4, 0.5) is 0 Å². The smallest absolute Gasteiger partial charge is 0.128 e. The maximum absolute atomic E-state index is 4.50. The van der Waals surface area contributed by atoms with E-state index in [9.17, 15) is 0 Å². The van der Waals surface area contributed by atoms with Gasteiger partial charge in [-0.3, -0.25) is 9.98 Å². The molecule has 6 nitrogen and oxygen atoms in total. The first-order chi connectivity index (χ1) is 14.2. The molecule has 0 saturated carbocycles. The van der Waals surface area contributed by atoms with E-state index in [0.29, 0.717) is 0 Å². The van der Waals surface area contributed by atoms with E-state index in [1.807, 2.05) is 0 Å². The molecule has 6 heteroatoms. The molecule has 0 spiro atoms. The van der Waals surface area contributed by atoms with Gasteiger partial charge in [-0.1, -0.05) is 12.1 Å². The number of fused-ring (bicyclic) bond motifs is 1. The molecule has 2 aliphatic rings. The lowest BCUT2D eigenvalue weighted by molar-refractivity contribution is 0.959. The summed E-state index contributed by atoms with van der Waals surface area (Å²) >= 11 is 0. The molecule has 1 aromatic carbocycles. The fourth-order valence-corrected chi connectivity index (χ4v) is 3.73. The molecule has 0 atom stereocenters. The van der Waals surface area contributed by atoms with E-state index in [4.69, 9.17) is 0 Å². The van der Waals surface area contributed by atoms with Gasteiger partial charge in [-0.25, -0.2) is 0 Å². The first-order valence-corrected chi connectivity index (χ1v) is 10.0. The number of hydrogen-bond donors (Lipinski definition) is 4. The summed E-state index contributed by atoms with van der Waals surface area (Å²) < 4.78 is 0. The van der Waals surface area contributed by atoms with Crippen molar-refractivity contribution in [1.82, 2.24) is 20.6 Å². The maximum Gasteiger partial charge on any atom is 0.128 e. The average Bonchev–Trinajstić information content (AvgIpc) is 3.53. The third-order valence-corrected chi connectivity index (χ3v) is 5.18. The highest BCUT2D eigenvalue weighted by atomic mass is 15.1. The summed E-state index contributed by atoms with van der Waals surface area (Å²) in [5.41, 5.74) is 6.61. The summed E-state index contributed by atoms with van der Waals surface area (Å²) in [4.78, 5) is 15.9. The third-order valence-electron chi connectivity index (χ3n) is 5.18. The predicted octanol–water partition coefficient (Wildman–Crippen LogP) is 3.42. The van der Waals surface area contributed by atoms with E-state index in [1.54, 1.807) is 0 Å². The number of nitrogens with zero attached hydrogens (tertiary/aromatic N) is 2. The monoisotopic (exact) mass is 384 g/mol. The van der Waals surface area contributed by atoms with Crippen molar-refractivity contribution in [3.05, 3.63) is 64.6 Å². The van der Waals surface area contributed by atoms with Crippen LogP contribution in [0.15, 0.2) is 52.0 Å². The molecule has 0 unspecified atom stereocenters. The molecule has 0 amide bonds. The Morgan fingerprint density at radius 2 is 1.69 bits per heavy atom. The second-order valence-electron chi connectivity index (χ2n) is 7.37. The summed E-state index contributed by atoms with van der Waals surface area (Å²) in [5.74, 6) is 1.98. The fraction of sp³-hybridized carbons (Fsp3) is 0.217. The van der Waals surface area contributed by atoms with E-state index >= 15 is 0 Å². The van der Waals surface area contributed by atoms with Crippen LogP contribution in [0.25, 0.3) is 29.1 Å². The van der Waals surface area contributed by atoms with Crippen molar-refractivity contribution in [1.29, 1.82) is 0 Å². The lowest BCUT2D eigenvalue weighted by Gasteiger charge is -2.01. The molecule has 29 heavy (non-hydrogen) atoms. The Kier molecular flexibility index (Phi) is 4.52. The number of hydrogen-bond acceptors (Lipinski definition) is 4. The molecule has 2 aromatic heterocycles. The topological polar surface area (TPSA) is 80.4 Å². The first kappa shape index (κ1) is 17.6. The zero-order valence-corrected chi connectivity index (χ0v) is 16.4. The largest absolute Gasteiger partial charge is 0.368 e. The SMILES string of the molecule is CC(=Cc1ccc(C=Cc2cc3ccc(C4=NCCN4)cc3[nH]2)[nH]1)C1=NCCN1. The number of aromatic nitrogens is 2. The van der Waals surface area contributed by atoms with E-state index in [1.165, 1.54) is 5.39 Å². The molecule has 0 saturated heterocycles. The van der Waals surface area contributed by atoms with Gasteiger partial charge >= 0.3 is 0 Å². The van der Waals surface area contributed by atoms with Crippen LogP contribution in [0, 0.1) is 0 Å². The van der Waals surface area contributed by atoms with Crippen molar-refractivity contribution in [2.75, 3.05) is 26.2 Å². The summed E-state index contributed by atoms with van der Waals surface area (Å²) in [7, 11) is 0. The average molecular weight is 384 g/mol. The molecule has 0 radical (unpaired) electrons. The van der Waals surface area contributed by atoms with Gasteiger partial charge in [0.05, 0.1) is 13.1 Å². The normalized spacial score (nSPS) is 16.9. The van der Waals surface area contributed by atoms with Crippen LogP contribution < -0.4 is 10.6 Å². The van der Waals surface area contributed by atoms with Gasteiger partial charge in [-0.2, -0.15) is 0 Å². The number of H-pyrrole nitrogens is 2. The van der Waals surface area contributed by atoms with Gasteiger partial charge in [0.1, 0.15) is 11.7 Å². The van der Waals surface area contributed by atoms with E-state index in [0.717, 1.165) is 71.6 Å². The van der Waals surface area contributed by atoms with Crippen molar-refractivity contribution in [3.63, 3.8) is 0 Å². The maximum atomic E-state index is 4.50. The summed E-state index contributed by atoms with van der Waals surface area (Å²) in [5, 5.41) is 7.83. The summed E-state index contributed by atoms with van der Waals surface area (Å²) in [6, 6.07) is 12.8. The molecule has 4 heterocycles. The van der Waals surface area contributed by atoms with Crippen LogP contribution in [0.1, 0.15) is 29.6 Å². The lowest BCUT2D eigenvalue weighted by atomic mass is 10.1. The quantitative estimate of drug-likeness (QED) is 0.544. The zero-order chi connectivity index (χ0) is 19.6. The van der Waals surface area contributed by atoms with Gasteiger partial charge in [0.2, 0.25) is 0 Å². The van der Waals surface area contributed by atoms with Crippen LogP contribution >= 0.6 is 0 Å². The number of amidine groups is 2. The van der Waals surface area contributed by atoms with E-state index < -0.39 is 0 Å².